The average Bonchev–Trinajstić information content (AvgIpc) is 3.72. The van der Waals surface area contributed by atoms with Crippen LogP contribution in [0.5, 0.6) is 11.5 Å². The van der Waals surface area contributed by atoms with Crippen molar-refractivity contribution in [2.75, 3.05) is 26.4 Å². The largest absolute Gasteiger partial charge is 0.483 e. The first-order valence-electron chi connectivity index (χ1n) is 21.6. The van der Waals surface area contributed by atoms with Crippen LogP contribution in [0.15, 0.2) is 102 Å². The van der Waals surface area contributed by atoms with Crippen LogP contribution in [0.2, 0.25) is 0 Å². The van der Waals surface area contributed by atoms with Crippen molar-refractivity contribution in [3.63, 3.8) is 0 Å². The second-order valence-corrected chi connectivity index (χ2v) is 21.0. The Kier molecular flexibility index (Phi) is 16.0. The molecule has 0 bridgehead atoms. The van der Waals surface area contributed by atoms with Gasteiger partial charge in [0.2, 0.25) is 0 Å². The van der Waals surface area contributed by atoms with Crippen molar-refractivity contribution >= 4 is 50.7 Å². The third-order valence-corrected chi connectivity index (χ3v) is 12.1. The van der Waals surface area contributed by atoms with E-state index in [4.69, 9.17) is 37.9 Å². The van der Waals surface area contributed by atoms with E-state index in [1.807, 2.05) is 166 Å². The van der Waals surface area contributed by atoms with Crippen molar-refractivity contribution in [1.82, 2.24) is 9.80 Å². The van der Waals surface area contributed by atoms with E-state index in [2.05, 4.69) is 38.5 Å². The number of amides is 2. The van der Waals surface area contributed by atoms with E-state index in [9.17, 15) is 9.59 Å². The number of carbonyl (C=O) groups is 2. The summed E-state index contributed by atoms with van der Waals surface area (Å²) >= 11 is 6.06. The highest BCUT2D eigenvalue weighted by Crippen LogP contribution is 2.42. The Morgan fingerprint density at radius 2 is 1.06 bits per heavy atom. The number of carbonyl (C=O) groups excluding carboxylic acids is 2. The minimum atomic E-state index is -0.880. The topological polar surface area (TPSA) is 114 Å². The van der Waals surface area contributed by atoms with Gasteiger partial charge >= 0.3 is 12.2 Å². The molecule has 2 amide bonds. The highest BCUT2D eigenvalue weighted by Gasteiger charge is 2.48. The SMILES string of the molecule is CC(C)(C)OC(=O)N1[C@H](c2ccc(O[C@H](COCc3ccccc3)[C@@H](COCc3ccccc3)Oc3ccc([C@@H]4COC(C)(C)N4C(=O)OC(C)(C)C)cc3I)c(Br)c2)COC1(C)C. The van der Waals surface area contributed by atoms with Gasteiger partial charge in [0.1, 0.15) is 34.2 Å². The molecule has 0 saturated carbocycles. The Balaban J connectivity index is 1.30. The molecule has 0 aromatic heterocycles. The van der Waals surface area contributed by atoms with Gasteiger partial charge in [-0.1, -0.05) is 72.8 Å². The van der Waals surface area contributed by atoms with Gasteiger partial charge in [-0.3, -0.25) is 9.80 Å². The third-order valence-electron chi connectivity index (χ3n) is 10.6. The monoisotopic (exact) mass is 1060 g/mol. The molecule has 2 aliphatic rings. The fourth-order valence-electron chi connectivity index (χ4n) is 7.55. The van der Waals surface area contributed by atoms with E-state index in [0.29, 0.717) is 42.4 Å². The molecule has 0 radical (unpaired) electrons. The molecule has 4 atom stereocenters. The van der Waals surface area contributed by atoms with E-state index in [1.54, 1.807) is 9.80 Å². The maximum absolute atomic E-state index is 13.5. The van der Waals surface area contributed by atoms with Crippen LogP contribution in [0.25, 0.3) is 0 Å². The van der Waals surface area contributed by atoms with Crippen LogP contribution < -0.4 is 9.47 Å². The number of halogens is 2. The van der Waals surface area contributed by atoms with E-state index in [1.165, 1.54) is 0 Å². The quantitative estimate of drug-likeness (QED) is 0.107. The number of hydrogen-bond donors (Lipinski definition) is 0. The van der Waals surface area contributed by atoms with E-state index >= 15 is 0 Å². The number of nitrogens with zero attached hydrogens (tertiary/aromatic N) is 2. The first kappa shape index (κ1) is 49.5. The number of rotatable bonds is 15. The van der Waals surface area contributed by atoms with Crippen LogP contribution in [-0.2, 0) is 41.6 Å². The van der Waals surface area contributed by atoms with Gasteiger partial charge in [-0.15, -0.1) is 0 Å². The molecule has 0 spiro atoms. The Morgan fingerprint density at radius 1 is 0.656 bits per heavy atom. The third kappa shape index (κ3) is 13.1. The van der Waals surface area contributed by atoms with Crippen LogP contribution in [0.1, 0.15) is 104 Å². The molecule has 2 aliphatic heterocycles. The van der Waals surface area contributed by atoms with Gasteiger partial charge in [0.15, 0.2) is 12.2 Å². The molecular weight excluding hydrogens is 995 g/mol. The van der Waals surface area contributed by atoms with Crippen LogP contribution >= 0.6 is 38.5 Å². The summed E-state index contributed by atoms with van der Waals surface area (Å²) < 4.78 is 51.9. The highest BCUT2D eigenvalue weighted by molar-refractivity contribution is 14.1. The van der Waals surface area contributed by atoms with E-state index < -0.39 is 53.1 Å². The van der Waals surface area contributed by atoms with Gasteiger partial charge < -0.3 is 37.9 Å². The summed E-state index contributed by atoms with van der Waals surface area (Å²) in [6.45, 7) is 20.2. The minimum Gasteiger partial charge on any atom is -0.483 e. The Hall–Kier alpha value is -3.93. The molecule has 4 aromatic rings. The van der Waals surface area contributed by atoms with Gasteiger partial charge in [-0.2, -0.15) is 0 Å². The molecule has 6 rings (SSSR count). The predicted molar refractivity (Wildman–Crippen MR) is 256 cm³/mol. The molecule has 0 unspecified atom stereocenters. The van der Waals surface area contributed by atoms with Crippen molar-refractivity contribution < 1.29 is 47.5 Å². The minimum absolute atomic E-state index is 0.160. The molecule has 2 heterocycles. The van der Waals surface area contributed by atoms with Crippen LogP contribution in [0, 0.1) is 3.57 Å². The second-order valence-electron chi connectivity index (χ2n) is 18.9. The Morgan fingerprint density at radius 3 is 1.47 bits per heavy atom. The molecule has 0 aliphatic carbocycles. The molecule has 346 valence electrons. The van der Waals surface area contributed by atoms with Crippen LogP contribution in [0.3, 0.4) is 0 Å². The van der Waals surface area contributed by atoms with Gasteiger partial charge in [0.25, 0.3) is 0 Å². The normalized spacial score (nSPS) is 19.2. The lowest BCUT2D eigenvalue weighted by Gasteiger charge is -2.35. The van der Waals surface area contributed by atoms with Gasteiger partial charge in [-0.25, -0.2) is 9.59 Å². The van der Waals surface area contributed by atoms with Gasteiger partial charge in [-0.05, 0) is 154 Å². The van der Waals surface area contributed by atoms with Crippen molar-refractivity contribution in [3.05, 3.63) is 127 Å². The Bertz CT molecular complexity index is 2040. The van der Waals surface area contributed by atoms with Gasteiger partial charge in [0.05, 0.1) is 59.8 Å². The summed E-state index contributed by atoms with van der Waals surface area (Å²) in [5.41, 5.74) is 0.676. The molecular formula is C50H62BrIN2O10. The lowest BCUT2D eigenvalue weighted by Crippen LogP contribution is -2.47. The average molecular weight is 1060 g/mol. The zero-order chi connectivity index (χ0) is 46.5. The number of benzene rings is 4. The number of hydrogen-bond acceptors (Lipinski definition) is 10. The smallest absolute Gasteiger partial charge is 0.413 e. The molecule has 4 aromatic carbocycles. The first-order valence-corrected chi connectivity index (χ1v) is 23.5. The van der Waals surface area contributed by atoms with Crippen molar-refractivity contribution in [3.8, 4) is 11.5 Å². The van der Waals surface area contributed by atoms with E-state index in [0.717, 1.165) is 25.8 Å². The van der Waals surface area contributed by atoms with Crippen LogP contribution in [-0.4, -0.2) is 83.3 Å². The molecule has 2 fully saturated rings. The maximum Gasteiger partial charge on any atom is 0.413 e. The zero-order valence-corrected chi connectivity index (χ0v) is 42.3. The van der Waals surface area contributed by atoms with Gasteiger partial charge in [0, 0.05) is 0 Å². The lowest BCUT2D eigenvalue weighted by atomic mass is 10.1. The molecule has 14 heteroatoms. The summed E-state index contributed by atoms with van der Waals surface area (Å²) in [7, 11) is 0. The molecule has 2 saturated heterocycles. The fourth-order valence-corrected chi connectivity index (χ4v) is 8.70. The highest BCUT2D eigenvalue weighted by atomic mass is 127. The number of ether oxygens (including phenoxy) is 8. The second kappa shape index (κ2) is 20.7. The van der Waals surface area contributed by atoms with Crippen molar-refractivity contribution in [2.24, 2.45) is 0 Å². The lowest BCUT2D eigenvalue weighted by molar-refractivity contribution is -0.0637. The van der Waals surface area contributed by atoms with E-state index in [-0.39, 0.29) is 19.3 Å². The summed E-state index contributed by atoms with van der Waals surface area (Å²) in [6.07, 6.45) is -2.23. The Labute approximate surface area is 400 Å². The standard InChI is InChI=1S/C50H62BrIN2O10/c1-47(2,3)63-45(55)53-39(29-59-49(53,7)8)35-21-23-41(37(51)25-35)61-43(31-57-27-33-17-13-11-14-18-33)44(32-58-28-34-19-15-12-16-20-34)62-42-24-22-36(26-38(42)52)40-30-60-50(9,10)54(40)46(56)64-48(4,5)6/h11-26,39-40,43-44H,27-32H2,1-10H3/t39-,40-,43+,44+/m0/s1. The first-order chi connectivity index (χ1) is 30.1. The van der Waals surface area contributed by atoms with Crippen molar-refractivity contribution in [1.29, 1.82) is 0 Å². The molecule has 12 nitrogen and oxygen atoms in total. The predicted octanol–water partition coefficient (Wildman–Crippen LogP) is 11.8. The molecule has 64 heavy (non-hydrogen) atoms. The summed E-state index contributed by atoms with van der Waals surface area (Å²) in [5, 5.41) is 0. The summed E-state index contributed by atoms with van der Waals surface area (Å²) in [5.74, 6) is 1.16. The summed E-state index contributed by atoms with van der Waals surface area (Å²) in [4.78, 5) is 30.3. The fraction of sp³-hybridized carbons (Fsp3) is 0.480. The maximum atomic E-state index is 13.5. The zero-order valence-electron chi connectivity index (χ0n) is 38.5. The molecule has 0 N–H and O–H groups in total. The summed E-state index contributed by atoms with van der Waals surface area (Å²) in [6, 6.07) is 30.8. The van der Waals surface area contributed by atoms with Crippen LogP contribution in [0.4, 0.5) is 9.59 Å². The van der Waals surface area contributed by atoms with Crippen molar-refractivity contribution in [2.45, 2.75) is 129 Å².